The lowest BCUT2D eigenvalue weighted by molar-refractivity contribution is -0.384. The van der Waals surface area contributed by atoms with Crippen molar-refractivity contribution in [1.29, 1.82) is 0 Å². The van der Waals surface area contributed by atoms with E-state index in [0.29, 0.717) is 23.3 Å². The molecule has 0 bridgehead atoms. The Morgan fingerprint density at radius 1 is 1.14 bits per heavy atom. The monoisotopic (exact) mass is 397 g/mol. The van der Waals surface area contributed by atoms with Gasteiger partial charge in [0.25, 0.3) is 5.69 Å². The minimum Gasteiger partial charge on any atom is -0.443 e. The van der Waals surface area contributed by atoms with Gasteiger partial charge in [-0.05, 0) is 36.4 Å². The van der Waals surface area contributed by atoms with Gasteiger partial charge < -0.3 is 9.47 Å². The number of amides is 1. The Kier molecular flexibility index (Phi) is 5.31. The Balaban J connectivity index is 1.97. The molecule has 29 heavy (non-hydrogen) atoms. The van der Waals surface area contributed by atoms with E-state index in [4.69, 9.17) is 9.47 Å². The molecule has 150 valence electrons. The van der Waals surface area contributed by atoms with Crippen LogP contribution in [-0.2, 0) is 20.1 Å². The number of nitro benzene ring substituents is 1. The number of non-ortho nitro benzene ring substituents is 1. The lowest BCUT2D eigenvalue weighted by Crippen LogP contribution is -2.43. The standard InChI is InChI=1S/C20H19N3O6/c1-4-20(16-7-11-18(12-8-16)28-14(3)25)22(13(2)24)21-19(29-20)15-5-9-17(10-6-15)23(26)27/h5-12H,4H2,1-3H3/t20-/m1/s1. The van der Waals surface area contributed by atoms with Crippen molar-refractivity contribution in [2.24, 2.45) is 5.10 Å². The highest BCUT2D eigenvalue weighted by Crippen LogP contribution is 2.40. The van der Waals surface area contributed by atoms with Crippen molar-refractivity contribution >= 4 is 23.5 Å². The van der Waals surface area contributed by atoms with Gasteiger partial charge in [-0.3, -0.25) is 19.7 Å². The summed E-state index contributed by atoms with van der Waals surface area (Å²) in [6.45, 7) is 4.54. The Morgan fingerprint density at radius 3 is 2.24 bits per heavy atom. The molecule has 2 aromatic carbocycles. The zero-order chi connectivity index (χ0) is 21.2. The summed E-state index contributed by atoms with van der Waals surface area (Å²) in [5.41, 5.74) is -0.0865. The van der Waals surface area contributed by atoms with Crippen LogP contribution >= 0.6 is 0 Å². The van der Waals surface area contributed by atoms with Crippen molar-refractivity contribution in [3.05, 3.63) is 69.8 Å². The number of benzene rings is 2. The largest absolute Gasteiger partial charge is 0.443 e. The molecule has 1 atom stereocenters. The molecule has 0 aliphatic carbocycles. The van der Waals surface area contributed by atoms with E-state index < -0.39 is 16.6 Å². The van der Waals surface area contributed by atoms with Crippen LogP contribution in [0, 0.1) is 10.1 Å². The molecule has 1 aliphatic rings. The van der Waals surface area contributed by atoms with Crippen molar-refractivity contribution in [3.8, 4) is 5.75 Å². The minimum atomic E-state index is -1.18. The molecule has 9 nitrogen and oxygen atoms in total. The number of hydrogen-bond donors (Lipinski definition) is 0. The van der Waals surface area contributed by atoms with Crippen molar-refractivity contribution in [1.82, 2.24) is 5.01 Å². The second-order valence-corrected chi connectivity index (χ2v) is 6.40. The molecular weight excluding hydrogens is 378 g/mol. The number of rotatable bonds is 5. The van der Waals surface area contributed by atoms with Gasteiger partial charge in [0.1, 0.15) is 5.75 Å². The van der Waals surface area contributed by atoms with Crippen LogP contribution in [0.15, 0.2) is 53.6 Å². The van der Waals surface area contributed by atoms with E-state index in [9.17, 15) is 19.7 Å². The van der Waals surface area contributed by atoms with Crippen LogP contribution in [-0.4, -0.2) is 27.7 Å². The van der Waals surface area contributed by atoms with Gasteiger partial charge in [-0.1, -0.05) is 6.92 Å². The van der Waals surface area contributed by atoms with Crippen LogP contribution < -0.4 is 4.74 Å². The first-order valence-corrected chi connectivity index (χ1v) is 8.89. The molecule has 0 saturated heterocycles. The van der Waals surface area contributed by atoms with Gasteiger partial charge in [0.2, 0.25) is 17.5 Å². The fraction of sp³-hybridized carbons (Fsp3) is 0.250. The van der Waals surface area contributed by atoms with Gasteiger partial charge in [-0.15, -0.1) is 5.10 Å². The van der Waals surface area contributed by atoms with Crippen molar-refractivity contribution in [2.45, 2.75) is 32.9 Å². The van der Waals surface area contributed by atoms with Crippen molar-refractivity contribution < 1.29 is 24.0 Å². The maximum atomic E-state index is 12.3. The van der Waals surface area contributed by atoms with E-state index in [1.165, 1.54) is 43.1 Å². The Bertz CT molecular complexity index is 984. The van der Waals surface area contributed by atoms with Crippen LogP contribution in [0.5, 0.6) is 5.75 Å². The quantitative estimate of drug-likeness (QED) is 0.331. The molecule has 2 aromatic rings. The first kappa shape index (κ1) is 20.0. The van der Waals surface area contributed by atoms with Gasteiger partial charge in [0.15, 0.2) is 0 Å². The Labute approximate surface area is 166 Å². The highest BCUT2D eigenvalue weighted by molar-refractivity contribution is 5.97. The second-order valence-electron chi connectivity index (χ2n) is 6.40. The molecule has 0 N–H and O–H groups in total. The normalized spacial score (nSPS) is 18.0. The number of nitrogens with zero attached hydrogens (tertiary/aromatic N) is 3. The lowest BCUT2D eigenvalue weighted by atomic mass is 9.98. The minimum absolute atomic E-state index is 0.0569. The van der Waals surface area contributed by atoms with Crippen LogP contribution in [0.4, 0.5) is 5.69 Å². The molecule has 0 fully saturated rings. The van der Waals surface area contributed by atoms with E-state index in [-0.39, 0.29) is 17.5 Å². The number of carbonyl (C=O) groups is 2. The smallest absolute Gasteiger partial charge is 0.308 e. The molecule has 1 heterocycles. The summed E-state index contributed by atoms with van der Waals surface area (Å²) in [5, 5.41) is 16.4. The average Bonchev–Trinajstić information content (AvgIpc) is 3.09. The highest BCUT2D eigenvalue weighted by Gasteiger charge is 2.47. The molecule has 0 radical (unpaired) electrons. The van der Waals surface area contributed by atoms with Crippen LogP contribution in [0.3, 0.4) is 0 Å². The van der Waals surface area contributed by atoms with Crippen molar-refractivity contribution in [2.75, 3.05) is 0 Å². The summed E-state index contributed by atoms with van der Waals surface area (Å²) in [6, 6.07) is 12.4. The van der Waals surface area contributed by atoms with Gasteiger partial charge >= 0.3 is 5.97 Å². The summed E-state index contributed by atoms with van der Waals surface area (Å²) < 4.78 is 11.2. The lowest BCUT2D eigenvalue weighted by Gasteiger charge is -2.34. The molecule has 1 amide bonds. The summed E-state index contributed by atoms with van der Waals surface area (Å²) in [7, 11) is 0. The molecule has 9 heteroatoms. The Morgan fingerprint density at radius 2 is 1.76 bits per heavy atom. The fourth-order valence-corrected chi connectivity index (χ4v) is 3.12. The third-order valence-electron chi connectivity index (χ3n) is 4.47. The third kappa shape index (κ3) is 3.79. The van der Waals surface area contributed by atoms with Crippen LogP contribution in [0.2, 0.25) is 0 Å². The molecule has 1 aliphatic heterocycles. The number of hydrazone groups is 1. The molecule has 0 saturated carbocycles. The molecule has 0 spiro atoms. The van der Waals surface area contributed by atoms with Crippen molar-refractivity contribution in [3.63, 3.8) is 0 Å². The number of ether oxygens (including phenoxy) is 2. The van der Waals surface area contributed by atoms with Gasteiger partial charge in [-0.25, -0.2) is 0 Å². The van der Waals surface area contributed by atoms with E-state index in [1.807, 2.05) is 6.92 Å². The molecular formula is C20H19N3O6. The van der Waals surface area contributed by atoms with E-state index in [1.54, 1.807) is 24.3 Å². The zero-order valence-electron chi connectivity index (χ0n) is 16.1. The predicted octanol–water partition coefficient (Wildman–Crippen LogP) is 3.32. The average molecular weight is 397 g/mol. The highest BCUT2D eigenvalue weighted by atomic mass is 16.6. The second kappa shape index (κ2) is 7.70. The van der Waals surface area contributed by atoms with Gasteiger partial charge in [0.05, 0.1) is 4.92 Å². The van der Waals surface area contributed by atoms with Gasteiger partial charge in [-0.2, -0.15) is 5.01 Å². The first-order chi connectivity index (χ1) is 13.8. The summed E-state index contributed by atoms with van der Waals surface area (Å²) in [4.78, 5) is 33.8. The third-order valence-corrected chi connectivity index (χ3v) is 4.47. The van der Waals surface area contributed by atoms with E-state index >= 15 is 0 Å². The number of nitro groups is 1. The topological polar surface area (TPSA) is 111 Å². The van der Waals surface area contributed by atoms with E-state index in [2.05, 4.69) is 5.10 Å². The number of carbonyl (C=O) groups excluding carboxylic acids is 2. The van der Waals surface area contributed by atoms with Crippen LogP contribution in [0.25, 0.3) is 0 Å². The summed E-state index contributed by atoms with van der Waals surface area (Å²) in [5.74, 6) is -0.209. The molecule has 0 unspecified atom stereocenters. The first-order valence-electron chi connectivity index (χ1n) is 8.89. The van der Waals surface area contributed by atoms with E-state index in [0.717, 1.165) is 0 Å². The molecule has 3 rings (SSSR count). The maximum absolute atomic E-state index is 12.3. The van der Waals surface area contributed by atoms with Crippen LogP contribution in [0.1, 0.15) is 38.3 Å². The Hall–Kier alpha value is -3.75. The molecule has 0 aromatic heterocycles. The summed E-state index contributed by atoms with van der Waals surface area (Å²) in [6.07, 6.45) is 0.388. The fourth-order valence-electron chi connectivity index (χ4n) is 3.12. The summed E-state index contributed by atoms with van der Waals surface area (Å²) >= 11 is 0. The van der Waals surface area contributed by atoms with Gasteiger partial charge in [0, 0.05) is 43.5 Å². The predicted molar refractivity (Wildman–Crippen MR) is 103 cm³/mol. The maximum Gasteiger partial charge on any atom is 0.308 e. The SMILES string of the molecule is CC[C@]1(c2ccc(OC(C)=O)cc2)OC(c2ccc([N+](=O)[O-])cc2)=NN1C(C)=O. The number of hydrogen-bond acceptors (Lipinski definition) is 7. The number of esters is 1. The zero-order valence-corrected chi connectivity index (χ0v) is 16.1.